The van der Waals surface area contributed by atoms with Crippen molar-refractivity contribution in [2.45, 2.75) is 19.8 Å². The van der Waals surface area contributed by atoms with Crippen LogP contribution in [0.4, 0.5) is 0 Å². The van der Waals surface area contributed by atoms with Crippen molar-refractivity contribution in [2.75, 3.05) is 0 Å². The van der Waals surface area contributed by atoms with Crippen LogP contribution in [0, 0.1) is 0 Å². The summed E-state index contributed by atoms with van der Waals surface area (Å²) >= 11 is 0. The van der Waals surface area contributed by atoms with Gasteiger partial charge in [-0.2, -0.15) is 0 Å². The van der Waals surface area contributed by atoms with Crippen LogP contribution in [0.25, 0.3) is 5.57 Å². The lowest BCUT2D eigenvalue weighted by Gasteiger charge is -2.10. The topological polar surface area (TPSA) is 0 Å². The molecule has 0 spiro atoms. The van der Waals surface area contributed by atoms with E-state index < -0.39 is 0 Å². The highest BCUT2D eigenvalue weighted by atomic mass is 14.1. The number of aryl methyl sites for hydroxylation is 1. The van der Waals surface area contributed by atoms with E-state index in [1.807, 2.05) is 6.07 Å². The molecule has 2 rings (SSSR count). The molecule has 0 nitrogen and oxygen atoms in total. The highest BCUT2D eigenvalue weighted by Crippen LogP contribution is 2.20. The van der Waals surface area contributed by atoms with Crippen LogP contribution in [0.1, 0.15) is 23.6 Å². The van der Waals surface area contributed by atoms with Crippen LogP contribution < -0.4 is 0 Å². The van der Waals surface area contributed by atoms with Gasteiger partial charge in [-0.3, -0.25) is 0 Å². The number of rotatable bonds is 4. The fourth-order valence-electron chi connectivity index (χ4n) is 2.08. The number of benzene rings is 2. The third kappa shape index (κ3) is 2.85. The van der Waals surface area contributed by atoms with Gasteiger partial charge in [0.15, 0.2) is 0 Å². The van der Waals surface area contributed by atoms with Gasteiger partial charge < -0.3 is 0 Å². The maximum atomic E-state index is 4.20. The standard InChI is InChI=1S/C17H18/c1-3-15-9-7-8-12-17(15)13-14(2)16-10-5-4-6-11-16/h4-12H,2-3,13H2,1H3. The van der Waals surface area contributed by atoms with E-state index in [0.29, 0.717) is 0 Å². The molecule has 0 aliphatic heterocycles. The van der Waals surface area contributed by atoms with Crippen molar-refractivity contribution in [3.8, 4) is 0 Å². The normalized spacial score (nSPS) is 10.2. The van der Waals surface area contributed by atoms with Gasteiger partial charge in [-0.05, 0) is 35.1 Å². The smallest absolute Gasteiger partial charge is 0.00230 e. The zero-order chi connectivity index (χ0) is 12.1. The van der Waals surface area contributed by atoms with E-state index in [0.717, 1.165) is 12.8 Å². The first-order valence-corrected chi connectivity index (χ1v) is 6.11. The van der Waals surface area contributed by atoms with E-state index in [2.05, 4.69) is 62.0 Å². The van der Waals surface area contributed by atoms with Gasteiger partial charge in [-0.1, -0.05) is 68.1 Å². The third-order valence-electron chi connectivity index (χ3n) is 3.09. The maximum absolute atomic E-state index is 4.20. The highest BCUT2D eigenvalue weighted by molar-refractivity contribution is 5.65. The molecule has 0 unspecified atom stereocenters. The fraction of sp³-hybridized carbons (Fsp3) is 0.176. The first kappa shape index (κ1) is 11.7. The minimum atomic E-state index is 0.939. The number of hydrogen-bond donors (Lipinski definition) is 0. The molecule has 0 fully saturated rings. The summed E-state index contributed by atoms with van der Waals surface area (Å²) < 4.78 is 0. The van der Waals surface area contributed by atoms with Crippen molar-refractivity contribution in [1.29, 1.82) is 0 Å². The van der Waals surface area contributed by atoms with E-state index in [1.165, 1.54) is 22.3 Å². The molecule has 0 saturated carbocycles. The van der Waals surface area contributed by atoms with Gasteiger partial charge >= 0.3 is 0 Å². The van der Waals surface area contributed by atoms with Crippen molar-refractivity contribution in [2.24, 2.45) is 0 Å². The SMILES string of the molecule is C=C(Cc1ccccc1CC)c1ccccc1. The van der Waals surface area contributed by atoms with Gasteiger partial charge in [-0.15, -0.1) is 0 Å². The number of allylic oxidation sites excluding steroid dienone is 1. The summed E-state index contributed by atoms with van der Waals surface area (Å²) in [6.07, 6.45) is 2.02. The summed E-state index contributed by atoms with van der Waals surface area (Å²) in [5.74, 6) is 0. The molecule has 0 bridgehead atoms. The molecule has 2 aromatic carbocycles. The summed E-state index contributed by atoms with van der Waals surface area (Å²) in [5.41, 5.74) is 5.23. The molecule has 0 saturated heterocycles. The van der Waals surface area contributed by atoms with E-state index in [9.17, 15) is 0 Å². The molecule has 0 amide bonds. The summed E-state index contributed by atoms with van der Waals surface area (Å²) in [6, 6.07) is 19.0. The Morgan fingerprint density at radius 1 is 0.882 bits per heavy atom. The molecule has 0 aliphatic carbocycles. The van der Waals surface area contributed by atoms with E-state index in [4.69, 9.17) is 0 Å². The highest BCUT2D eigenvalue weighted by Gasteiger charge is 2.03. The molecule has 0 atom stereocenters. The summed E-state index contributed by atoms with van der Waals surface area (Å²) in [5, 5.41) is 0. The predicted octanol–water partition coefficient (Wildman–Crippen LogP) is 4.50. The lowest BCUT2D eigenvalue weighted by Crippen LogP contribution is -1.94. The zero-order valence-corrected chi connectivity index (χ0v) is 10.3. The van der Waals surface area contributed by atoms with Gasteiger partial charge in [0.2, 0.25) is 0 Å². The van der Waals surface area contributed by atoms with E-state index in [1.54, 1.807) is 0 Å². The van der Waals surface area contributed by atoms with Gasteiger partial charge in [0, 0.05) is 0 Å². The molecule has 0 heteroatoms. The molecular weight excluding hydrogens is 204 g/mol. The first-order chi connectivity index (χ1) is 8.31. The molecule has 0 aromatic heterocycles. The molecule has 0 heterocycles. The summed E-state index contributed by atoms with van der Waals surface area (Å²) in [6.45, 7) is 6.39. The lowest BCUT2D eigenvalue weighted by atomic mass is 9.95. The molecular formula is C17H18. The van der Waals surface area contributed by atoms with E-state index >= 15 is 0 Å². The molecule has 17 heavy (non-hydrogen) atoms. The Kier molecular flexibility index (Phi) is 3.77. The van der Waals surface area contributed by atoms with Crippen molar-refractivity contribution < 1.29 is 0 Å². The minimum absolute atomic E-state index is 0.939. The van der Waals surface area contributed by atoms with Crippen LogP contribution >= 0.6 is 0 Å². The number of hydrogen-bond acceptors (Lipinski definition) is 0. The van der Waals surface area contributed by atoms with Crippen LogP contribution in [-0.2, 0) is 12.8 Å². The lowest BCUT2D eigenvalue weighted by molar-refractivity contribution is 1.08. The zero-order valence-electron chi connectivity index (χ0n) is 10.3. The average molecular weight is 222 g/mol. The first-order valence-electron chi connectivity index (χ1n) is 6.11. The predicted molar refractivity (Wildman–Crippen MR) is 75.0 cm³/mol. The molecule has 0 radical (unpaired) electrons. The average Bonchev–Trinajstić information content (AvgIpc) is 2.40. The maximum Gasteiger partial charge on any atom is -0.00230 e. The largest absolute Gasteiger partial charge is 0.0949 e. The van der Waals surface area contributed by atoms with Gasteiger partial charge in [0.1, 0.15) is 0 Å². The Morgan fingerprint density at radius 2 is 1.47 bits per heavy atom. The second kappa shape index (κ2) is 5.49. The Balaban J connectivity index is 2.19. The summed E-state index contributed by atoms with van der Waals surface area (Å²) in [7, 11) is 0. The van der Waals surface area contributed by atoms with Gasteiger partial charge in [0.05, 0.1) is 0 Å². The van der Waals surface area contributed by atoms with Crippen molar-refractivity contribution in [3.05, 3.63) is 77.9 Å². The van der Waals surface area contributed by atoms with Crippen LogP contribution in [-0.4, -0.2) is 0 Å². The Bertz CT molecular complexity index is 494. The van der Waals surface area contributed by atoms with Crippen molar-refractivity contribution >= 4 is 5.57 Å². The van der Waals surface area contributed by atoms with Crippen LogP contribution in [0.3, 0.4) is 0 Å². The molecule has 0 aliphatic rings. The minimum Gasteiger partial charge on any atom is -0.0949 e. The Hall–Kier alpha value is -1.82. The molecule has 86 valence electrons. The second-order valence-electron chi connectivity index (χ2n) is 4.27. The molecule has 2 aromatic rings. The van der Waals surface area contributed by atoms with Crippen LogP contribution in [0.15, 0.2) is 61.2 Å². The van der Waals surface area contributed by atoms with Crippen molar-refractivity contribution in [1.82, 2.24) is 0 Å². The van der Waals surface area contributed by atoms with E-state index in [-0.39, 0.29) is 0 Å². The van der Waals surface area contributed by atoms with Gasteiger partial charge in [0.25, 0.3) is 0 Å². The third-order valence-corrected chi connectivity index (χ3v) is 3.09. The Morgan fingerprint density at radius 3 is 2.12 bits per heavy atom. The van der Waals surface area contributed by atoms with Crippen LogP contribution in [0.2, 0.25) is 0 Å². The van der Waals surface area contributed by atoms with Gasteiger partial charge in [-0.25, -0.2) is 0 Å². The quantitative estimate of drug-likeness (QED) is 0.714. The Labute approximate surface area is 104 Å². The summed E-state index contributed by atoms with van der Waals surface area (Å²) in [4.78, 5) is 0. The molecule has 0 N–H and O–H groups in total. The fourth-order valence-corrected chi connectivity index (χ4v) is 2.08. The monoisotopic (exact) mass is 222 g/mol. The van der Waals surface area contributed by atoms with Crippen LogP contribution in [0.5, 0.6) is 0 Å². The second-order valence-corrected chi connectivity index (χ2v) is 4.27. The van der Waals surface area contributed by atoms with Crippen molar-refractivity contribution in [3.63, 3.8) is 0 Å².